The quantitative estimate of drug-likeness (QED) is 0.788. The zero-order valence-electron chi connectivity index (χ0n) is 11.9. The van der Waals surface area contributed by atoms with E-state index in [0.717, 1.165) is 27.9 Å². The molecule has 0 radical (unpaired) electrons. The van der Waals surface area contributed by atoms with Gasteiger partial charge in [0.15, 0.2) is 0 Å². The number of hydrogen-bond acceptors (Lipinski definition) is 3. The van der Waals surface area contributed by atoms with Crippen molar-refractivity contribution in [2.75, 3.05) is 0 Å². The zero-order valence-corrected chi connectivity index (χ0v) is 11.9. The lowest BCUT2D eigenvalue weighted by molar-refractivity contribution is 0.199. The molecule has 0 amide bonds. The summed E-state index contributed by atoms with van der Waals surface area (Å²) in [5, 5.41) is 10.6. The topological polar surface area (TPSA) is 42.4 Å². The van der Waals surface area contributed by atoms with Crippen molar-refractivity contribution in [1.29, 1.82) is 0 Å². The van der Waals surface area contributed by atoms with Gasteiger partial charge in [-0.05, 0) is 36.8 Å². The minimum atomic E-state index is -0.457. The fraction of sp³-hybridized carbons (Fsp3) is 0.167. The summed E-state index contributed by atoms with van der Waals surface area (Å²) in [6, 6.07) is 19.5. The Morgan fingerprint density at radius 2 is 1.76 bits per heavy atom. The van der Waals surface area contributed by atoms with Gasteiger partial charge in [0.1, 0.15) is 12.4 Å². The highest BCUT2D eigenvalue weighted by molar-refractivity contribution is 5.78. The number of benzene rings is 2. The van der Waals surface area contributed by atoms with Crippen molar-refractivity contribution in [2.24, 2.45) is 0 Å². The average molecular weight is 279 g/mol. The molecule has 0 spiro atoms. The van der Waals surface area contributed by atoms with Crippen LogP contribution in [0.25, 0.3) is 10.9 Å². The third-order valence-electron chi connectivity index (χ3n) is 3.41. The molecule has 1 aromatic heterocycles. The molecular weight excluding hydrogens is 262 g/mol. The summed E-state index contributed by atoms with van der Waals surface area (Å²) in [6.07, 6.45) is -0.457. The van der Waals surface area contributed by atoms with Gasteiger partial charge in [-0.15, -0.1) is 0 Å². The van der Waals surface area contributed by atoms with Crippen LogP contribution in [0.3, 0.4) is 0 Å². The smallest absolute Gasteiger partial charge is 0.130 e. The van der Waals surface area contributed by atoms with E-state index >= 15 is 0 Å². The van der Waals surface area contributed by atoms with Crippen molar-refractivity contribution in [3.05, 3.63) is 71.9 Å². The second kappa shape index (κ2) is 5.94. The first-order valence-corrected chi connectivity index (χ1v) is 6.98. The summed E-state index contributed by atoms with van der Waals surface area (Å²) >= 11 is 0. The van der Waals surface area contributed by atoms with Crippen LogP contribution in [0.1, 0.15) is 24.3 Å². The molecule has 0 saturated carbocycles. The highest BCUT2D eigenvalue weighted by Gasteiger charge is 2.02. The van der Waals surface area contributed by atoms with E-state index in [2.05, 4.69) is 11.1 Å². The lowest BCUT2D eigenvalue weighted by atomic mass is 10.1. The molecule has 0 aliphatic heterocycles. The molecule has 1 atom stereocenters. The van der Waals surface area contributed by atoms with E-state index in [1.807, 2.05) is 54.6 Å². The molecule has 3 heteroatoms. The van der Waals surface area contributed by atoms with E-state index in [0.29, 0.717) is 6.61 Å². The molecule has 0 unspecified atom stereocenters. The third kappa shape index (κ3) is 3.20. The maximum atomic E-state index is 9.47. The van der Waals surface area contributed by atoms with Gasteiger partial charge in [0, 0.05) is 5.39 Å². The number of fused-ring (bicyclic) bond motifs is 1. The summed E-state index contributed by atoms with van der Waals surface area (Å²) in [6.45, 7) is 2.17. The molecule has 106 valence electrons. The largest absolute Gasteiger partial charge is 0.487 e. The molecule has 1 heterocycles. The summed E-state index contributed by atoms with van der Waals surface area (Å²) < 4.78 is 5.73. The molecule has 0 bridgehead atoms. The first kappa shape index (κ1) is 13.6. The van der Waals surface area contributed by atoms with E-state index in [9.17, 15) is 5.11 Å². The number of rotatable bonds is 4. The van der Waals surface area contributed by atoms with Crippen molar-refractivity contribution in [2.45, 2.75) is 19.6 Å². The Morgan fingerprint density at radius 3 is 2.52 bits per heavy atom. The number of para-hydroxylation sites is 1. The van der Waals surface area contributed by atoms with Crippen LogP contribution in [-0.4, -0.2) is 10.1 Å². The van der Waals surface area contributed by atoms with E-state index in [-0.39, 0.29) is 0 Å². The van der Waals surface area contributed by atoms with E-state index in [1.165, 1.54) is 0 Å². The molecule has 0 aliphatic carbocycles. The van der Waals surface area contributed by atoms with Gasteiger partial charge in [0.05, 0.1) is 17.3 Å². The maximum absolute atomic E-state index is 9.47. The lowest BCUT2D eigenvalue weighted by Crippen LogP contribution is -1.99. The standard InChI is InChI=1S/C18H17NO2/c1-13(20)14-7-10-17(11-8-14)21-12-16-9-6-15-4-2-3-5-18(15)19-16/h2-11,13,20H,12H2,1H3/t13-/m0/s1. The first-order valence-electron chi connectivity index (χ1n) is 6.98. The molecule has 0 aliphatic rings. The first-order chi connectivity index (χ1) is 10.2. The average Bonchev–Trinajstić information content (AvgIpc) is 2.53. The van der Waals surface area contributed by atoms with Gasteiger partial charge in [0.25, 0.3) is 0 Å². The predicted molar refractivity (Wildman–Crippen MR) is 83.2 cm³/mol. The van der Waals surface area contributed by atoms with Crippen LogP contribution >= 0.6 is 0 Å². The molecular formula is C18H17NO2. The van der Waals surface area contributed by atoms with E-state index in [1.54, 1.807) is 6.92 Å². The molecule has 0 saturated heterocycles. The summed E-state index contributed by atoms with van der Waals surface area (Å²) in [4.78, 5) is 4.57. The number of pyridine rings is 1. The summed E-state index contributed by atoms with van der Waals surface area (Å²) in [5.41, 5.74) is 2.75. The summed E-state index contributed by atoms with van der Waals surface area (Å²) in [5.74, 6) is 0.773. The minimum absolute atomic E-state index is 0.429. The molecule has 3 nitrogen and oxygen atoms in total. The minimum Gasteiger partial charge on any atom is -0.487 e. The highest BCUT2D eigenvalue weighted by Crippen LogP contribution is 2.18. The van der Waals surface area contributed by atoms with E-state index < -0.39 is 6.10 Å². The zero-order chi connectivity index (χ0) is 14.7. The number of aliphatic hydroxyl groups is 1. The van der Waals surface area contributed by atoms with E-state index in [4.69, 9.17) is 4.74 Å². The van der Waals surface area contributed by atoms with Gasteiger partial charge in [-0.2, -0.15) is 0 Å². The number of nitrogens with zero attached hydrogens (tertiary/aromatic N) is 1. The third-order valence-corrected chi connectivity index (χ3v) is 3.41. The fourth-order valence-electron chi connectivity index (χ4n) is 2.19. The summed E-state index contributed by atoms with van der Waals surface area (Å²) in [7, 11) is 0. The van der Waals surface area contributed by atoms with Crippen LogP contribution < -0.4 is 4.74 Å². The van der Waals surface area contributed by atoms with Crippen LogP contribution in [0.5, 0.6) is 5.75 Å². The monoisotopic (exact) mass is 279 g/mol. The van der Waals surface area contributed by atoms with Gasteiger partial charge >= 0.3 is 0 Å². The van der Waals surface area contributed by atoms with Crippen LogP contribution in [-0.2, 0) is 6.61 Å². The number of ether oxygens (including phenoxy) is 1. The predicted octanol–water partition coefficient (Wildman–Crippen LogP) is 3.87. The van der Waals surface area contributed by atoms with Crippen molar-refractivity contribution < 1.29 is 9.84 Å². The Morgan fingerprint density at radius 1 is 1.00 bits per heavy atom. The van der Waals surface area contributed by atoms with Gasteiger partial charge < -0.3 is 9.84 Å². The molecule has 0 fully saturated rings. The highest BCUT2D eigenvalue weighted by atomic mass is 16.5. The van der Waals surface area contributed by atoms with Crippen molar-refractivity contribution in [3.63, 3.8) is 0 Å². The van der Waals surface area contributed by atoms with Gasteiger partial charge in [-0.25, -0.2) is 4.98 Å². The van der Waals surface area contributed by atoms with Crippen LogP contribution in [0, 0.1) is 0 Å². The molecule has 1 N–H and O–H groups in total. The molecule has 21 heavy (non-hydrogen) atoms. The number of aromatic nitrogens is 1. The van der Waals surface area contributed by atoms with Crippen LogP contribution in [0.15, 0.2) is 60.7 Å². The Hall–Kier alpha value is -2.39. The number of aliphatic hydroxyl groups excluding tert-OH is 1. The van der Waals surface area contributed by atoms with Gasteiger partial charge in [-0.3, -0.25) is 0 Å². The Bertz CT molecular complexity index is 736. The normalized spacial score (nSPS) is 12.3. The second-order valence-corrected chi connectivity index (χ2v) is 5.03. The van der Waals surface area contributed by atoms with Crippen molar-refractivity contribution in [3.8, 4) is 5.75 Å². The Kier molecular flexibility index (Phi) is 3.84. The maximum Gasteiger partial charge on any atom is 0.130 e. The van der Waals surface area contributed by atoms with Gasteiger partial charge in [0.2, 0.25) is 0 Å². The molecule has 3 rings (SSSR count). The van der Waals surface area contributed by atoms with Crippen molar-refractivity contribution >= 4 is 10.9 Å². The van der Waals surface area contributed by atoms with Gasteiger partial charge in [-0.1, -0.05) is 36.4 Å². The Balaban J connectivity index is 1.71. The van der Waals surface area contributed by atoms with Crippen molar-refractivity contribution in [1.82, 2.24) is 4.98 Å². The number of hydrogen-bond donors (Lipinski definition) is 1. The molecule has 2 aromatic carbocycles. The van der Waals surface area contributed by atoms with Crippen LogP contribution in [0.2, 0.25) is 0 Å². The second-order valence-electron chi connectivity index (χ2n) is 5.03. The lowest BCUT2D eigenvalue weighted by Gasteiger charge is -2.08. The molecule has 3 aromatic rings. The van der Waals surface area contributed by atoms with Crippen LogP contribution in [0.4, 0.5) is 0 Å². The SMILES string of the molecule is C[C@H](O)c1ccc(OCc2ccc3ccccc3n2)cc1. The fourth-order valence-corrected chi connectivity index (χ4v) is 2.19. The Labute approximate surface area is 123 Å².